The molecule has 6 heteroatoms. The van der Waals surface area contributed by atoms with Crippen molar-refractivity contribution in [3.8, 4) is 0 Å². The Morgan fingerprint density at radius 3 is 2.59 bits per heavy atom. The fourth-order valence-corrected chi connectivity index (χ4v) is 4.97. The number of rotatable bonds is 6. The second-order valence-corrected chi connectivity index (χ2v) is 10.0. The van der Waals surface area contributed by atoms with Crippen LogP contribution >= 0.6 is 0 Å². The summed E-state index contributed by atoms with van der Waals surface area (Å²) in [6.45, 7) is 9.79. The van der Waals surface area contributed by atoms with Crippen molar-refractivity contribution in [2.75, 3.05) is 40.3 Å². The van der Waals surface area contributed by atoms with Gasteiger partial charge in [-0.15, -0.1) is 0 Å². The first kappa shape index (κ1) is 22.9. The zero-order valence-corrected chi connectivity index (χ0v) is 20.0. The lowest BCUT2D eigenvalue weighted by Crippen LogP contribution is -2.47. The number of carbonyl (C=O) groups is 1. The number of piperazine rings is 1. The molecule has 1 amide bonds. The van der Waals surface area contributed by atoms with Gasteiger partial charge in [-0.05, 0) is 63.4 Å². The number of nitrogens with zero attached hydrogens (tertiary/aromatic N) is 3. The largest absolute Gasteiger partial charge is 0.508 e. The van der Waals surface area contributed by atoms with E-state index >= 15 is 0 Å². The van der Waals surface area contributed by atoms with Crippen molar-refractivity contribution in [3.05, 3.63) is 58.1 Å². The molecular weight excluding hydrogens is 402 g/mol. The molecule has 1 fully saturated rings. The Hall–Kier alpha value is -2.31. The monoisotopic (exact) mass is 439 g/mol. The first-order chi connectivity index (χ1) is 15.3. The molecule has 174 valence electrons. The normalized spacial score (nSPS) is 20.4. The van der Waals surface area contributed by atoms with Crippen molar-refractivity contribution in [3.63, 3.8) is 0 Å². The number of allylic oxidation sites excluding steroid dienone is 3. The molecule has 1 saturated heterocycles. The average molecular weight is 440 g/mol. The fourth-order valence-electron chi connectivity index (χ4n) is 4.97. The number of fused-ring (bicyclic) bond motifs is 1. The van der Waals surface area contributed by atoms with E-state index < -0.39 is 0 Å². The number of amides is 1. The molecule has 4 rings (SSSR count). The number of aliphatic hydroxyl groups is 1. The highest BCUT2D eigenvalue weighted by molar-refractivity contribution is 5.96. The van der Waals surface area contributed by atoms with E-state index in [2.05, 4.69) is 36.8 Å². The van der Waals surface area contributed by atoms with Gasteiger partial charge < -0.3 is 19.6 Å². The van der Waals surface area contributed by atoms with Gasteiger partial charge in [-0.25, -0.2) is 0 Å². The van der Waals surface area contributed by atoms with Gasteiger partial charge in [-0.2, -0.15) is 0 Å². The van der Waals surface area contributed by atoms with E-state index in [4.69, 9.17) is 4.74 Å². The summed E-state index contributed by atoms with van der Waals surface area (Å²) in [5.41, 5.74) is 4.70. The number of aliphatic hydroxyl groups excluding tert-OH is 1. The van der Waals surface area contributed by atoms with Crippen molar-refractivity contribution in [2.24, 2.45) is 0 Å². The number of likely N-dealkylation sites (N-methyl/N-ethyl adjacent to an activating group) is 1. The Morgan fingerprint density at radius 1 is 1.12 bits per heavy atom. The third kappa shape index (κ3) is 4.71. The predicted molar refractivity (Wildman–Crippen MR) is 126 cm³/mol. The molecule has 6 nitrogen and oxygen atoms in total. The van der Waals surface area contributed by atoms with Crippen LogP contribution in [-0.2, 0) is 17.8 Å². The molecule has 0 aromatic heterocycles. The van der Waals surface area contributed by atoms with E-state index in [0.29, 0.717) is 17.9 Å². The highest BCUT2D eigenvalue weighted by Gasteiger charge is 2.34. The van der Waals surface area contributed by atoms with Gasteiger partial charge in [0.05, 0.1) is 7.11 Å². The van der Waals surface area contributed by atoms with Crippen molar-refractivity contribution >= 4 is 5.91 Å². The van der Waals surface area contributed by atoms with Gasteiger partial charge >= 0.3 is 0 Å². The van der Waals surface area contributed by atoms with Crippen LogP contribution in [0.4, 0.5) is 0 Å². The maximum Gasteiger partial charge on any atom is 0.254 e. The molecule has 1 aromatic carbocycles. The van der Waals surface area contributed by atoms with Crippen LogP contribution in [-0.4, -0.2) is 71.6 Å². The van der Waals surface area contributed by atoms with Crippen molar-refractivity contribution in [1.29, 1.82) is 0 Å². The van der Waals surface area contributed by atoms with Crippen molar-refractivity contribution in [1.82, 2.24) is 14.7 Å². The van der Waals surface area contributed by atoms with Gasteiger partial charge in [0.15, 0.2) is 5.76 Å². The zero-order chi connectivity index (χ0) is 22.9. The molecule has 0 radical (unpaired) electrons. The maximum atomic E-state index is 13.3. The molecule has 1 aromatic rings. The molecule has 1 aliphatic carbocycles. The van der Waals surface area contributed by atoms with E-state index in [1.165, 1.54) is 16.7 Å². The summed E-state index contributed by atoms with van der Waals surface area (Å²) in [5, 5.41) is 9.93. The number of hydrogen-bond donors (Lipinski definition) is 1. The highest BCUT2D eigenvalue weighted by atomic mass is 16.5. The predicted octanol–water partition coefficient (Wildman–Crippen LogP) is 4.08. The Morgan fingerprint density at radius 2 is 1.88 bits per heavy atom. The topological polar surface area (TPSA) is 56.3 Å². The number of ether oxygens (including phenoxy) is 1. The standard InChI is InChI=1S/C26H37N3O3/c1-26(2,11-10-19-8-9-23(30)24(16-19)32-4)29-17-20-6-5-7-21(22(20)18-29)25(31)28-14-12-27(3)13-15-28/h5-7,16,30H,8-15,17-18H2,1-4H3. The molecule has 0 bridgehead atoms. The summed E-state index contributed by atoms with van der Waals surface area (Å²) in [6.07, 6.45) is 5.54. The maximum absolute atomic E-state index is 13.3. The molecule has 1 N–H and O–H groups in total. The van der Waals surface area contributed by atoms with Crippen LogP contribution < -0.4 is 0 Å². The number of hydrogen-bond acceptors (Lipinski definition) is 5. The van der Waals surface area contributed by atoms with Gasteiger partial charge in [-0.1, -0.05) is 17.7 Å². The Kier molecular flexibility index (Phi) is 6.63. The quantitative estimate of drug-likeness (QED) is 0.724. The van der Waals surface area contributed by atoms with Crippen LogP contribution in [0.1, 0.15) is 61.0 Å². The van der Waals surface area contributed by atoms with Gasteiger partial charge in [0.1, 0.15) is 5.76 Å². The number of methoxy groups -OCH3 is 1. The molecule has 32 heavy (non-hydrogen) atoms. The summed E-state index contributed by atoms with van der Waals surface area (Å²) >= 11 is 0. The third-order valence-corrected chi connectivity index (χ3v) is 7.44. The van der Waals surface area contributed by atoms with Crippen LogP contribution in [0.2, 0.25) is 0 Å². The van der Waals surface area contributed by atoms with Crippen LogP contribution in [0.3, 0.4) is 0 Å². The lowest BCUT2D eigenvalue weighted by atomic mass is 9.90. The van der Waals surface area contributed by atoms with Gasteiger partial charge in [0.2, 0.25) is 0 Å². The smallest absolute Gasteiger partial charge is 0.254 e. The minimum Gasteiger partial charge on any atom is -0.508 e. The van der Waals surface area contributed by atoms with E-state index in [1.54, 1.807) is 7.11 Å². The van der Waals surface area contributed by atoms with Gasteiger partial charge in [0.25, 0.3) is 5.91 Å². The lowest BCUT2D eigenvalue weighted by molar-refractivity contribution is 0.0660. The minimum absolute atomic E-state index is 0.00442. The van der Waals surface area contributed by atoms with Gasteiger partial charge in [0, 0.05) is 56.8 Å². The van der Waals surface area contributed by atoms with Gasteiger partial charge in [-0.3, -0.25) is 9.69 Å². The third-order valence-electron chi connectivity index (χ3n) is 7.44. The lowest BCUT2D eigenvalue weighted by Gasteiger charge is -2.36. The molecule has 2 heterocycles. The van der Waals surface area contributed by atoms with Crippen LogP contribution in [0.5, 0.6) is 0 Å². The Labute approximate surface area is 192 Å². The van der Waals surface area contributed by atoms with E-state index in [-0.39, 0.29) is 11.4 Å². The number of benzene rings is 1. The van der Waals surface area contributed by atoms with Crippen LogP contribution in [0, 0.1) is 0 Å². The van der Waals surface area contributed by atoms with E-state index in [9.17, 15) is 9.90 Å². The fraction of sp³-hybridized carbons (Fsp3) is 0.577. The Balaban J connectivity index is 1.43. The zero-order valence-electron chi connectivity index (χ0n) is 20.0. The average Bonchev–Trinajstić information content (AvgIpc) is 3.24. The van der Waals surface area contributed by atoms with Crippen LogP contribution in [0.25, 0.3) is 0 Å². The van der Waals surface area contributed by atoms with Crippen molar-refractivity contribution in [2.45, 2.75) is 58.2 Å². The molecule has 2 aliphatic heterocycles. The Bertz CT molecular complexity index is 926. The molecule has 0 spiro atoms. The van der Waals surface area contributed by atoms with Crippen LogP contribution in [0.15, 0.2) is 41.4 Å². The highest BCUT2D eigenvalue weighted by Crippen LogP contribution is 2.36. The first-order valence-corrected chi connectivity index (χ1v) is 11.8. The van der Waals surface area contributed by atoms with Crippen molar-refractivity contribution < 1.29 is 14.6 Å². The second kappa shape index (κ2) is 9.28. The summed E-state index contributed by atoms with van der Waals surface area (Å²) in [4.78, 5) is 20.1. The van der Waals surface area contributed by atoms with E-state index in [0.717, 1.165) is 64.1 Å². The molecule has 3 aliphatic rings. The molecule has 0 atom stereocenters. The summed E-state index contributed by atoms with van der Waals surface area (Å²) in [6, 6.07) is 6.22. The summed E-state index contributed by atoms with van der Waals surface area (Å²) in [7, 11) is 3.72. The minimum atomic E-state index is 0.00442. The molecule has 0 unspecified atom stereocenters. The molecule has 0 saturated carbocycles. The SMILES string of the molecule is COC1=C(O)CCC(CCC(C)(C)N2Cc3cccc(C(=O)N4CCN(C)CC4)c3C2)=C1. The summed E-state index contributed by atoms with van der Waals surface area (Å²) < 4.78 is 5.30. The number of carbonyl (C=O) groups excluding carboxylic acids is 1. The van der Waals surface area contributed by atoms with E-state index in [1.807, 2.05) is 23.1 Å². The second-order valence-electron chi connectivity index (χ2n) is 10.0. The first-order valence-electron chi connectivity index (χ1n) is 11.8. The summed E-state index contributed by atoms with van der Waals surface area (Å²) in [5.74, 6) is 1.13. The molecular formula is C26H37N3O3.